The standard InChI is InChI=1S/C15H24N2O/c1-3-12-17(13-4-2)15(18)10-11-16-14-8-6-5-7-9-14/h5-9,16H,3-4,10-13H2,1-2H3. The number of carbonyl (C=O) groups excluding carboxylic acids is 1. The number of benzene rings is 1. The topological polar surface area (TPSA) is 32.3 Å². The molecular weight excluding hydrogens is 224 g/mol. The van der Waals surface area contributed by atoms with Crippen molar-refractivity contribution in [1.82, 2.24) is 4.90 Å². The second-order valence-corrected chi connectivity index (χ2v) is 4.42. The van der Waals surface area contributed by atoms with Gasteiger partial charge in [0.1, 0.15) is 0 Å². The lowest BCUT2D eigenvalue weighted by molar-refractivity contribution is -0.131. The van der Waals surface area contributed by atoms with E-state index in [0.29, 0.717) is 13.0 Å². The number of hydrogen-bond donors (Lipinski definition) is 1. The van der Waals surface area contributed by atoms with E-state index in [0.717, 1.165) is 31.6 Å². The molecule has 1 amide bonds. The molecule has 0 aliphatic rings. The summed E-state index contributed by atoms with van der Waals surface area (Å²) in [5.41, 5.74) is 1.07. The molecule has 0 radical (unpaired) electrons. The Morgan fingerprint density at radius 1 is 1.11 bits per heavy atom. The van der Waals surface area contributed by atoms with Gasteiger partial charge in [0.05, 0.1) is 0 Å². The molecule has 100 valence electrons. The van der Waals surface area contributed by atoms with Crippen molar-refractivity contribution >= 4 is 11.6 Å². The molecule has 0 aliphatic carbocycles. The van der Waals surface area contributed by atoms with Gasteiger partial charge in [-0.3, -0.25) is 4.79 Å². The van der Waals surface area contributed by atoms with Crippen LogP contribution >= 0.6 is 0 Å². The lowest BCUT2D eigenvalue weighted by atomic mass is 10.3. The highest BCUT2D eigenvalue weighted by Crippen LogP contribution is 2.05. The van der Waals surface area contributed by atoms with E-state index in [4.69, 9.17) is 0 Å². The molecule has 0 saturated carbocycles. The van der Waals surface area contributed by atoms with Crippen LogP contribution in [0.1, 0.15) is 33.1 Å². The lowest BCUT2D eigenvalue weighted by Gasteiger charge is -2.21. The van der Waals surface area contributed by atoms with Crippen LogP contribution in [0.2, 0.25) is 0 Å². The number of hydrogen-bond acceptors (Lipinski definition) is 2. The van der Waals surface area contributed by atoms with Gasteiger partial charge in [-0.1, -0.05) is 32.0 Å². The Balaban J connectivity index is 2.30. The first kappa shape index (κ1) is 14.6. The molecule has 0 aromatic heterocycles. The van der Waals surface area contributed by atoms with Crippen molar-refractivity contribution in [3.05, 3.63) is 30.3 Å². The minimum absolute atomic E-state index is 0.252. The SMILES string of the molecule is CCCN(CCC)C(=O)CCNc1ccccc1. The molecular formula is C15H24N2O. The normalized spacial score (nSPS) is 10.1. The summed E-state index contributed by atoms with van der Waals surface area (Å²) in [5, 5.41) is 3.27. The van der Waals surface area contributed by atoms with E-state index >= 15 is 0 Å². The van der Waals surface area contributed by atoms with E-state index in [9.17, 15) is 4.79 Å². The Labute approximate surface area is 110 Å². The molecule has 0 aliphatic heterocycles. The second kappa shape index (κ2) is 8.56. The predicted molar refractivity (Wildman–Crippen MR) is 76.7 cm³/mol. The monoisotopic (exact) mass is 248 g/mol. The van der Waals surface area contributed by atoms with Crippen molar-refractivity contribution in [1.29, 1.82) is 0 Å². The number of amides is 1. The van der Waals surface area contributed by atoms with Gasteiger partial charge in [0.25, 0.3) is 0 Å². The third kappa shape index (κ3) is 5.21. The van der Waals surface area contributed by atoms with E-state index in [2.05, 4.69) is 19.2 Å². The summed E-state index contributed by atoms with van der Waals surface area (Å²) >= 11 is 0. The number of carbonyl (C=O) groups is 1. The molecule has 0 saturated heterocycles. The fraction of sp³-hybridized carbons (Fsp3) is 0.533. The van der Waals surface area contributed by atoms with Gasteiger partial charge in [0.2, 0.25) is 5.91 Å². The van der Waals surface area contributed by atoms with Crippen LogP contribution in [0.5, 0.6) is 0 Å². The average Bonchev–Trinajstić information content (AvgIpc) is 2.39. The third-order valence-corrected chi connectivity index (χ3v) is 2.78. The first-order chi connectivity index (χ1) is 8.77. The molecule has 0 fully saturated rings. The van der Waals surface area contributed by atoms with E-state index in [1.54, 1.807) is 0 Å². The highest BCUT2D eigenvalue weighted by molar-refractivity contribution is 5.76. The number of nitrogens with one attached hydrogen (secondary N) is 1. The Morgan fingerprint density at radius 3 is 2.28 bits per heavy atom. The van der Waals surface area contributed by atoms with E-state index in [1.165, 1.54) is 0 Å². The summed E-state index contributed by atoms with van der Waals surface area (Å²) in [6, 6.07) is 10.00. The van der Waals surface area contributed by atoms with Gasteiger partial charge in [-0.2, -0.15) is 0 Å². The molecule has 1 N–H and O–H groups in total. The van der Waals surface area contributed by atoms with E-state index in [-0.39, 0.29) is 5.91 Å². The zero-order valence-electron chi connectivity index (χ0n) is 11.5. The van der Waals surface area contributed by atoms with Crippen LogP contribution in [0.15, 0.2) is 30.3 Å². The van der Waals surface area contributed by atoms with E-state index in [1.807, 2.05) is 35.2 Å². The Bertz CT molecular complexity index is 332. The Hall–Kier alpha value is -1.51. The van der Waals surface area contributed by atoms with Crippen molar-refractivity contribution < 1.29 is 4.79 Å². The maximum absolute atomic E-state index is 12.0. The van der Waals surface area contributed by atoms with Gasteiger partial charge in [-0.25, -0.2) is 0 Å². The molecule has 0 heterocycles. The highest BCUT2D eigenvalue weighted by Gasteiger charge is 2.10. The number of nitrogens with zero attached hydrogens (tertiary/aromatic N) is 1. The van der Waals surface area contributed by atoms with Crippen molar-refractivity contribution in [3.8, 4) is 0 Å². The van der Waals surface area contributed by atoms with Gasteiger partial charge in [-0.15, -0.1) is 0 Å². The van der Waals surface area contributed by atoms with Gasteiger partial charge in [0, 0.05) is 31.7 Å². The van der Waals surface area contributed by atoms with Gasteiger partial charge in [0.15, 0.2) is 0 Å². The van der Waals surface area contributed by atoms with Gasteiger partial charge in [-0.05, 0) is 25.0 Å². The minimum Gasteiger partial charge on any atom is -0.385 e. The zero-order chi connectivity index (χ0) is 13.2. The minimum atomic E-state index is 0.252. The van der Waals surface area contributed by atoms with Crippen molar-refractivity contribution in [2.24, 2.45) is 0 Å². The molecule has 3 nitrogen and oxygen atoms in total. The molecule has 1 rings (SSSR count). The molecule has 18 heavy (non-hydrogen) atoms. The lowest BCUT2D eigenvalue weighted by Crippen LogP contribution is -2.33. The first-order valence-electron chi connectivity index (χ1n) is 6.84. The molecule has 0 bridgehead atoms. The van der Waals surface area contributed by atoms with E-state index < -0.39 is 0 Å². The van der Waals surface area contributed by atoms with Crippen LogP contribution in [-0.2, 0) is 4.79 Å². The quantitative estimate of drug-likeness (QED) is 0.766. The summed E-state index contributed by atoms with van der Waals surface area (Å²) in [4.78, 5) is 14.0. The molecule has 1 aromatic rings. The van der Waals surface area contributed by atoms with Crippen molar-refractivity contribution in [2.75, 3.05) is 25.0 Å². The Kier molecular flexibility index (Phi) is 6.92. The maximum atomic E-state index is 12.0. The number of rotatable bonds is 8. The molecule has 0 atom stereocenters. The van der Waals surface area contributed by atoms with Crippen LogP contribution in [0, 0.1) is 0 Å². The van der Waals surface area contributed by atoms with Crippen molar-refractivity contribution in [3.63, 3.8) is 0 Å². The van der Waals surface area contributed by atoms with Crippen molar-refractivity contribution in [2.45, 2.75) is 33.1 Å². The van der Waals surface area contributed by atoms with Crippen LogP contribution in [0.3, 0.4) is 0 Å². The Morgan fingerprint density at radius 2 is 1.72 bits per heavy atom. The van der Waals surface area contributed by atoms with Gasteiger partial charge < -0.3 is 10.2 Å². The fourth-order valence-electron chi connectivity index (χ4n) is 1.93. The summed E-state index contributed by atoms with van der Waals surface area (Å²) < 4.78 is 0. The average molecular weight is 248 g/mol. The summed E-state index contributed by atoms with van der Waals surface area (Å²) in [6.45, 7) is 6.67. The van der Waals surface area contributed by atoms with Crippen LogP contribution in [0.4, 0.5) is 5.69 Å². The van der Waals surface area contributed by atoms with Crippen LogP contribution < -0.4 is 5.32 Å². The summed E-state index contributed by atoms with van der Waals surface area (Å²) in [6.07, 6.45) is 2.62. The zero-order valence-corrected chi connectivity index (χ0v) is 11.5. The molecule has 0 spiro atoms. The highest BCUT2D eigenvalue weighted by atomic mass is 16.2. The maximum Gasteiger partial charge on any atom is 0.224 e. The second-order valence-electron chi connectivity index (χ2n) is 4.42. The molecule has 3 heteroatoms. The fourth-order valence-corrected chi connectivity index (χ4v) is 1.93. The largest absolute Gasteiger partial charge is 0.385 e. The number of para-hydroxylation sites is 1. The molecule has 1 aromatic carbocycles. The third-order valence-electron chi connectivity index (χ3n) is 2.78. The summed E-state index contributed by atoms with van der Waals surface area (Å²) in [7, 11) is 0. The van der Waals surface area contributed by atoms with Gasteiger partial charge >= 0.3 is 0 Å². The smallest absolute Gasteiger partial charge is 0.224 e. The van der Waals surface area contributed by atoms with Crippen LogP contribution in [0.25, 0.3) is 0 Å². The first-order valence-corrected chi connectivity index (χ1v) is 6.84. The van der Waals surface area contributed by atoms with Crippen LogP contribution in [-0.4, -0.2) is 30.4 Å². The molecule has 0 unspecified atom stereocenters. The predicted octanol–water partition coefficient (Wildman–Crippen LogP) is 3.14. The number of anilines is 1. The summed E-state index contributed by atoms with van der Waals surface area (Å²) in [5.74, 6) is 0.252.